The average Bonchev–Trinajstić information content (AvgIpc) is 3.33. The summed E-state index contributed by atoms with van der Waals surface area (Å²) in [4.78, 5) is 32.5. The fraction of sp³-hybridized carbons (Fsp3) is 0.269. The van der Waals surface area contributed by atoms with Crippen LogP contribution in [0, 0.1) is 0 Å². The lowest BCUT2D eigenvalue weighted by Crippen LogP contribution is -2.40. The van der Waals surface area contributed by atoms with Crippen LogP contribution in [0.4, 0.5) is 13.2 Å². The number of piperidine rings is 1. The van der Waals surface area contributed by atoms with Crippen LogP contribution < -0.4 is 0 Å². The molecular weight excluding hydrogens is 487 g/mol. The van der Waals surface area contributed by atoms with Crippen molar-refractivity contribution in [2.75, 3.05) is 13.1 Å². The molecule has 192 valence electrons. The standard InChI is InChI=1S/C24H23N5O.C2HF3O2/c30-23(15-18-5-2-1-3-6-18)28-14-4-7-21(16-28)24-26-22-9-8-20(17-29(22)27-24)19-10-12-25-13-11-19;3-2(4,5)1(6)7/h1-3,5-6,8-13,17,21H,4,7,14-16H2;(H,6,7). The van der Waals surface area contributed by atoms with Crippen molar-refractivity contribution in [3.63, 3.8) is 0 Å². The largest absolute Gasteiger partial charge is 0.490 e. The molecule has 4 heterocycles. The van der Waals surface area contributed by atoms with E-state index in [4.69, 9.17) is 20.0 Å². The Labute approximate surface area is 210 Å². The normalized spacial score (nSPS) is 15.6. The van der Waals surface area contributed by atoms with Crippen molar-refractivity contribution >= 4 is 17.5 Å². The molecule has 5 rings (SSSR count). The van der Waals surface area contributed by atoms with Gasteiger partial charge in [0.15, 0.2) is 11.5 Å². The van der Waals surface area contributed by atoms with E-state index in [9.17, 15) is 18.0 Å². The van der Waals surface area contributed by atoms with Gasteiger partial charge in [0, 0.05) is 43.2 Å². The first-order valence-electron chi connectivity index (χ1n) is 11.6. The maximum absolute atomic E-state index is 12.8. The topological polar surface area (TPSA) is 101 Å². The van der Waals surface area contributed by atoms with Gasteiger partial charge in [0.1, 0.15) is 0 Å². The van der Waals surface area contributed by atoms with Crippen LogP contribution in [0.1, 0.15) is 30.1 Å². The van der Waals surface area contributed by atoms with E-state index in [2.05, 4.69) is 11.1 Å². The molecule has 8 nitrogen and oxygen atoms in total. The van der Waals surface area contributed by atoms with Gasteiger partial charge in [-0.2, -0.15) is 18.3 Å². The maximum Gasteiger partial charge on any atom is 0.490 e. The molecular formula is C26H24F3N5O3. The number of hydrogen-bond acceptors (Lipinski definition) is 5. The van der Waals surface area contributed by atoms with Gasteiger partial charge in [0.05, 0.1) is 6.42 Å². The summed E-state index contributed by atoms with van der Waals surface area (Å²) in [7, 11) is 0. The van der Waals surface area contributed by atoms with Gasteiger partial charge in [-0.1, -0.05) is 30.3 Å². The molecule has 1 N–H and O–H groups in total. The lowest BCUT2D eigenvalue weighted by Gasteiger charge is -2.31. The molecule has 1 amide bonds. The Bertz CT molecular complexity index is 1360. The molecule has 1 aliphatic heterocycles. The van der Waals surface area contributed by atoms with Gasteiger partial charge >= 0.3 is 12.1 Å². The number of carbonyl (C=O) groups is 2. The van der Waals surface area contributed by atoms with Gasteiger partial charge in [0.25, 0.3) is 0 Å². The second-order valence-electron chi connectivity index (χ2n) is 8.57. The Kier molecular flexibility index (Phi) is 7.80. The monoisotopic (exact) mass is 511 g/mol. The summed E-state index contributed by atoms with van der Waals surface area (Å²) in [5.41, 5.74) is 4.05. The van der Waals surface area contributed by atoms with E-state index in [1.807, 2.05) is 64.1 Å². The summed E-state index contributed by atoms with van der Waals surface area (Å²) in [6, 6.07) is 17.9. The minimum atomic E-state index is -5.08. The van der Waals surface area contributed by atoms with E-state index in [0.29, 0.717) is 13.0 Å². The number of nitrogens with zero attached hydrogens (tertiary/aromatic N) is 5. The third-order valence-electron chi connectivity index (χ3n) is 5.94. The summed E-state index contributed by atoms with van der Waals surface area (Å²) < 4.78 is 33.6. The number of likely N-dealkylation sites (tertiary alicyclic amines) is 1. The van der Waals surface area contributed by atoms with Crippen LogP contribution in [0.2, 0.25) is 0 Å². The Balaban J connectivity index is 0.000000405. The summed E-state index contributed by atoms with van der Waals surface area (Å²) in [5.74, 6) is -1.59. The fourth-order valence-corrected chi connectivity index (χ4v) is 4.09. The molecule has 37 heavy (non-hydrogen) atoms. The molecule has 1 aliphatic rings. The molecule has 3 aromatic heterocycles. The SMILES string of the molecule is O=C(Cc1ccccc1)N1CCCC(c2nc3ccc(-c4ccncc4)cn3n2)C1.O=C(O)C(F)(F)F. The van der Waals surface area contributed by atoms with Crippen LogP contribution in [0.5, 0.6) is 0 Å². The molecule has 0 aliphatic carbocycles. The zero-order valence-corrected chi connectivity index (χ0v) is 19.7. The lowest BCUT2D eigenvalue weighted by molar-refractivity contribution is -0.192. The van der Waals surface area contributed by atoms with Gasteiger partial charge in [-0.3, -0.25) is 9.78 Å². The van der Waals surface area contributed by atoms with E-state index in [1.54, 1.807) is 12.4 Å². The zero-order chi connectivity index (χ0) is 26.4. The Morgan fingerprint density at radius 1 is 1.00 bits per heavy atom. The molecule has 1 fully saturated rings. The number of carboxylic acid groups (broad SMARTS) is 1. The molecule has 0 bridgehead atoms. The van der Waals surface area contributed by atoms with Crippen molar-refractivity contribution in [1.82, 2.24) is 24.5 Å². The highest BCUT2D eigenvalue weighted by molar-refractivity contribution is 5.79. The van der Waals surface area contributed by atoms with Gasteiger partial charge in [-0.25, -0.2) is 14.3 Å². The number of alkyl halides is 3. The number of rotatable bonds is 4. The number of carboxylic acids is 1. The predicted octanol–water partition coefficient (Wildman–Crippen LogP) is 4.37. The van der Waals surface area contributed by atoms with E-state index < -0.39 is 12.1 Å². The zero-order valence-electron chi connectivity index (χ0n) is 19.7. The summed E-state index contributed by atoms with van der Waals surface area (Å²) in [6.45, 7) is 1.49. The van der Waals surface area contributed by atoms with Crippen molar-refractivity contribution in [2.24, 2.45) is 0 Å². The number of amides is 1. The van der Waals surface area contributed by atoms with Crippen molar-refractivity contribution in [2.45, 2.75) is 31.4 Å². The third-order valence-corrected chi connectivity index (χ3v) is 5.94. The Morgan fingerprint density at radius 2 is 1.70 bits per heavy atom. The van der Waals surface area contributed by atoms with Gasteiger partial charge < -0.3 is 10.0 Å². The van der Waals surface area contributed by atoms with Crippen LogP contribution >= 0.6 is 0 Å². The highest BCUT2D eigenvalue weighted by Crippen LogP contribution is 2.26. The number of benzene rings is 1. The first-order valence-corrected chi connectivity index (χ1v) is 11.6. The molecule has 4 aromatic rings. The summed E-state index contributed by atoms with van der Waals surface area (Å²) >= 11 is 0. The third kappa shape index (κ3) is 6.69. The number of aliphatic carboxylic acids is 1. The van der Waals surface area contributed by atoms with Crippen LogP contribution in [-0.2, 0) is 16.0 Å². The second kappa shape index (κ2) is 11.2. The van der Waals surface area contributed by atoms with Gasteiger partial charge in [-0.15, -0.1) is 0 Å². The lowest BCUT2D eigenvalue weighted by atomic mass is 9.97. The number of pyridine rings is 2. The van der Waals surface area contributed by atoms with Crippen molar-refractivity contribution in [3.05, 3.63) is 84.6 Å². The quantitative estimate of drug-likeness (QED) is 0.437. The van der Waals surface area contributed by atoms with Gasteiger partial charge in [-0.05, 0) is 48.2 Å². The molecule has 0 saturated carbocycles. The molecule has 0 spiro atoms. The Hall–Kier alpha value is -4.28. The van der Waals surface area contributed by atoms with Gasteiger partial charge in [0.2, 0.25) is 5.91 Å². The van der Waals surface area contributed by atoms with E-state index in [0.717, 1.165) is 47.5 Å². The molecule has 1 saturated heterocycles. The van der Waals surface area contributed by atoms with Crippen molar-refractivity contribution in [1.29, 1.82) is 0 Å². The highest BCUT2D eigenvalue weighted by atomic mass is 19.4. The van der Waals surface area contributed by atoms with Crippen LogP contribution in [0.15, 0.2) is 73.2 Å². The van der Waals surface area contributed by atoms with E-state index in [1.165, 1.54) is 0 Å². The Morgan fingerprint density at radius 3 is 2.38 bits per heavy atom. The second-order valence-corrected chi connectivity index (χ2v) is 8.57. The number of carbonyl (C=O) groups excluding carboxylic acids is 1. The predicted molar refractivity (Wildman–Crippen MR) is 129 cm³/mol. The van der Waals surface area contributed by atoms with Crippen LogP contribution in [0.3, 0.4) is 0 Å². The van der Waals surface area contributed by atoms with Crippen LogP contribution in [-0.4, -0.2) is 60.7 Å². The van der Waals surface area contributed by atoms with Crippen LogP contribution in [0.25, 0.3) is 16.8 Å². The smallest absolute Gasteiger partial charge is 0.475 e. The minimum absolute atomic E-state index is 0.169. The minimum Gasteiger partial charge on any atom is -0.475 e. The molecule has 0 radical (unpaired) electrons. The molecule has 1 aromatic carbocycles. The average molecular weight is 512 g/mol. The van der Waals surface area contributed by atoms with Crippen molar-refractivity contribution < 1.29 is 27.9 Å². The van der Waals surface area contributed by atoms with E-state index >= 15 is 0 Å². The van der Waals surface area contributed by atoms with Crippen molar-refractivity contribution in [3.8, 4) is 11.1 Å². The summed E-state index contributed by atoms with van der Waals surface area (Å²) in [5, 5.41) is 11.9. The summed E-state index contributed by atoms with van der Waals surface area (Å²) in [6.07, 6.45) is 2.92. The number of hydrogen-bond donors (Lipinski definition) is 1. The molecule has 11 heteroatoms. The fourth-order valence-electron chi connectivity index (χ4n) is 4.09. The number of fused-ring (bicyclic) bond motifs is 1. The highest BCUT2D eigenvalue weighted by Gasteiger charge is 2.38. The number of halogens is 3. The molecule has 1 unspecified atom stereocenters. The maximum atomic E-state index is 12.8. The van der Waals surface area contributed by atoms with E-state index in [-0.39, 0.29) is 11.8 Å². The first kappa shape index (κ1) is 25.8. The molecule has 1 atom stereocenters. The number of aromatic nitrogens is 4. The first-order chi connectivity index (χ1) is 17.7.